The van der Waals surface area contributed by atoms with Crippen LogP contribution in [0.2, 0.25) is 5.02 Å². The first-order valence-corrected chi connectivity index (χ1v) is 8.26. The fourth-order valence-corrected chi connectivity index (χ4v) is 3.11. The van der Waals surface area contributed by atoms with Gasteiger partial charge in [-0.2, -0.15) is 0 Å². The van der Waals surface area contributed by atoms with Crippen molar-refractivity contribution in [1.29, 1.82) is 0 Å². The van der Waals surface area contributed by atoms with Crippen molar-refractivity contribution in [2.24, 2.45) is 5.92 Å². The van der Waals surface area contributed by atoms with Crippen LogP contribution < -0.4 is 10.2 Å². The first kappa shape index (κ1) is 16.5. The van der Waals surface area contributed by atoms with Crippen molar-refractivity contribution >= 4 is 34.8 Å². The van der Waals surface area contributed by atoms with Crippen molar-refractivity contribution in [3.05, 3.63) is 58.6 Å². The Morgan fingerprint density at radius 3 is 2.71 bits per heavy atom. The zero-order valence-corrected chi connectivity index (χ0v) is 14.4. The van der Waals surface area contributed by atoms with Gasteiger partial charge >= 0.3 is 0 Å². The first-order valence-electron chi connectivity index (χ1n) is 7.88. The van der Waals surface area contributed by atoms with Crippen LogP contribution in [0.3, 0.4) is 0 Å². The maximum absolute atomic E-state index is 12.5. The van der Waals surface area contributed by atoms with E-state index in [1.54, 1.807) is 23.1 Å². The molecule has 1 heterocycles. The summed E-state index contributed by atoms with van der Waals surface area (Å²) < 4.78 is 0. The second kappa shape index (κ2) is 6.65. The summed E-state index contributed by atoms with van der Waals surface area (Å²) in [6.07, 6.45) is 0.212. The Morgan fingerprint density at radius 1 is 1.21 bits per heavy atom. The third-order valence-electron chi connectivity index (χ3n) is 4.28. The number of halogens is 1. The van der Waals surface area contributed by atoms with Gasteiger partial charge in [0.1, 0.15) is 0 Å². The molecule has 2 aromatic rings. The smallest absolute Gasteiger partial charge is 0.229 e. The van der Waals surface area contributed by atoms with Gasteiger partial charge in [-0.15, -0.1) is 0 Å². The van der Waals surface area contributed by atoms with Crippen molar-refractivity contribution < 1.29 is 9.59 Å². The van der Waals surface area contributed by atoms with Gasteiger partial charge in [-0.05, 0) is 43.2 Å². The van der Waals surface area contributed by atoms with E-state index in [1.165, 1.54) is 0 Å². The molecule has 124 valence electrons. The molecule has 1 fully saturated rings. The molecule has 2 aromatic carbocycles. The van der Waals surface area contributed by atoms with E-state index in [0.29, 0.717) is 17.3 Å². The number of aryl methyl sites for hydroxylation is 2. The third-order valence-corrected chi connectivity index (χ3v) is 4.61. The van der Waals surface area contributed by atoms with Crippen molar-refractivity contribution in [3.8, 4) is 0 Å². The van der Waals surface area contributed by atoms with E-state index in [0.717, 1.165) is 16.8 Å². The predicted molar refractivity (Wildman–Crippen MR) is 96.5 cm³/mol. The van der Waals surface area contributed by atoms with Gasteiger partial charge in [0, 0.05) is 18.7 Å². The lowest BCUT2D eigenvalue weighted by Gasteiger charge is -2.19. The molecule has 24 heavy (non-hydrogen) atoms. The molecule has 3 rings (SSSR count). The fourth-order valence-electron chi connectivity index (χ4n) is 2.92. The van der Waals surface area contributed by atoms with E-state index in [2.05, 4.69) is 5.32 Å². The van der Waals surface area contributed by atoms with Gasteiger partial charge in [-0.3, -0.25) is 9.59 Å². The second-order valence-corrected chi connectivity index (χ2v) is 6.57. The van der Waals surface area contributed by atoms with E-state index in [1.807, 2.05) is 38.1 Å². The zero-order valence-electron chi connectivity index (χ0n) is 13.7. The topological polar surface area (TPSA) is 49.4 Å². The van der Waals surface area contributed by atoms with Gasteiger partial charge in [0.2, 0.25) is 11.8 Å². The Kier molecular flexibility index (Phi) is 4.58. The maximum Gasteiger partial charge on any atom is 0.229 e. The highest BCUT2D eigenvalue weighted by molar-refractivity contribution is 6.33. The van der Waals surface area contributed by atoms with Crippen molar-refractivity contribution in [3.63, 3.8) is 0 Å². The summed E-state index contributed by atoms with van der Waals surface area (Å²) in [4.78, 5) is 26.6. The van der Waals surface area contributed by atoms with Crippen LogP contribution in [0.5, 0.6) is 0 Å². The summed E-state index contributed by atoms with van der Waals surface area (Å²) in [5.41, 5.74) is 3.57. The van der Waals surface area contributed by atoms with Crippen LogP contribution in [0.15, 0.2) is 42.5 Å². The standard InChI is InChI=1S/C19H19ClN2O2/c1-12-7-8-13(2)17(9-12)22-11-14(10-18(22)23)19(24)21-16-6-4-3-5-15(16)20/h3-9,14H,10-11H2,1-2H3,(H,21,24)/t14-/m0/s1. The van der Waals surface area contributed by atoms with Crippen LogP contribution in [-0.4, -0.2) is 18.4 Å². The molecular formula is C19H19ClN2O2. The number of rotatable bonds is 3. The van der Waals surface area contributed by atoms with Crippen LogP contribution in [-0.2, 0) is 9.59 Å². The number of anilines is 2. The largest absolute Gasteiger partial charge is 0.324 e. The Balaban J connectivity index is 1.76. The van der Waals surface area contributed by atoms with E-state index >= 15 is 0 Å². The number of amides is 2. The summed E-state index contributed by atoms with van der Waals surface area (Å²) >= 11 is 6.07. The molecule has 1 atom stereocenters. The monoisotopic (exact) mass is 342 g/mol. The molecule has 0 aromatic heterocycles. The van der Waals surface area contributed by atoms with Crippen molar-refractivity contribution in [2.75, 3.05) is 16.8 Å². The van der Waals surface area contributed by atoms with Crippen LogP contribution in [0.1, 0.15) is 17.5 Å². The molecule has 1 N–H and O–H groups in total. The van der Waals surface area contributed by atoms with E-state index in [9.17, 15) is 9.59 Å². The van der Waals surface area contributed by atoms with E-state index in [4.69, 9.17) is 11.6 Å². The molecule has 0 saturated carbocycles. The van der Waals surface area contributed by atoms with Gasteiger partial charge in [-0.1, -0.05) is 35.9 Å². The van der Waals surface area contributed by atoms with Gasteiger partial charge < -0.3 is 10.2 Å². The summed E-state index contributed by atoms with van der Waals surface area (Å²) in [5.74, 6) is -0.582. The number of hydrogen-bond acceptors (Lipinski definition) is 2. The molecule has 1 aliphatic rings. The fraction of sp³-hybridized carbons (Fsp3) is 0.263. The van der Waals surface area contributed by atoms with Gasteiger partial charge in [-0.25, -0.2) is 0 Å². The predicted octanol–water partition coefficient (Wildman–Crippen LogP) is 3.95. The highest BCUT2D eigenvalue weighted by Gasteiger charge is 2.35. The molecule has 2 amide bonds. The first-order chi connectivity index (χ1) is 11.5. The van der Waals surface area contributed by atoms with Gasteiger partial charge in [0.25, 0.3) is 0 Å². The van der Waals surface area contributed by atoms with Gasteiger partial charge in [0.05, 0.1) is 16.6 Å². The number of carbonyl (C=O) groups is 2. The summed E-state index contributed by atoms with van der Waals surface area (Å²) in [5, 5.41) is 3.31. The van der Waals surface area contributed by atoms with Crippen LogP contribution in [0.25, 0.3) is 0 Å². The lowest BCUT2D eigenvalue weighted by molar-refractivity contribution is -0.122. The summed E-state index contributed by atoms with van der Waals surface area (Å²) in [6, 6.07) is 13.1. The molecule has 5 heteroatoms. The third kappa shape index (κ3) is 3.29. The molecule has 0 spiro atoms. The molecule has 0 radical (unpaired) electrons. The minimum Gasteiger partial charge on any atom is -0.324 e. The molecule has 0 bridgehead atoms. The van der Waals surface area contributed by atoms with Gasteiger partial charge in [0.15, 0.2) is 0 Å². The Bertz CT molecular complexity index is 804. The number of nitrogens with one attached hydrogen (secondary N) is 1. The zero-order chi connectivity index (χ0) is 17.3. The number of hydrogen-bond donors (Lipinski definition) is 1. The second-order valence-electron chi connectivity index (χ2n) is 6.16. The van der Waals surface area contributed by atoms with E-state index < -0.39 is 0 Å². The minimum absolute atomic E-state index is 0.0250. The molecule has 1 aliphatic heterocycles. The molecule has 4 nitrogen and oxygen atoms in total. The highest BCUT2D eigenvalue weighted by Crippen LogP contribution is 2.30. The average Bonchev–Trinajstić information content (AvgIpc) is 2.94. The quantitative estimate of drug-likeness (QED) is 0.918. The van der Waals surface area contributed by atoms with Crippen molar-refractivity contribution in [2.45, 2.75) is 20.3 Å². The Labute approximate surface area is 146 Å². The Hall–Kier alpha value is -2.33. The lowest BCUT2D eigenvalue weighted by Crippen LogP contribution is -2.28. The number of para-hydroxylation sites is 1. The van der Waals surface area contributed by atoms with Crippen LogP contribution in [0.4, 0.5) is 11.4 Å². The molecule has 0 unspecified atom stereocenters. The number of carbonyl (C=O) groups excluding carboxylic acids is 2. The minimum atomic E-state index is -0.381. The molecular weight excluding hydrogens is 324 g/mol. The summed E-state index contributed by atoms with van der Waals surface area (Å²) in [7, 11) is 0. The maximum atomic E-state index is 12.5. The SMILES string of the molecule is Cc1ccc(C)c(N2C[C@@H](C(=O)Nc3ccccc3Cl)CC2=O)c1. The van der Waals surface area contributed by atoms with Crippen LogP contribution in [0, 0.1) is 19.8 Å². The summed E-state index contributed by atoms with van der Waals surface area (Å²) in [6.45, 7) is 4.35. The number of benzene rings is 2. The highest BCUT2D eigenvalue weighted by atomic mass is 35.5. The number of nitrogens with zero attached hydrogens (tertiary/aromatic N) is 1. The Morgan fingerprint density at radius 2 is 1.96 bits per heavy atom. The molecule has 0 aliphatic carbocycles. The lowest BCUT2D eigenvalue weighted by atomic mass is 10.1. The normalized spacial score (nSPS) is 17.2. The average molecular weight is 343 g/mol. The van der Waals surface area contributed by atoms with Crippen LogP contribution >= 0.6 is 11.6 Å². The van der Waals surface area contributed by atoms with E-state index in [-0.39, 0.29) is 24.2 Å². The molecule has 1 saturated heterocycles. The van der Waals surface area contributed by atoms with Crippen molar-refractivity contribution in [1.82, 2.24) is 0 Å².